The molecule has 8 nitrogen and oxygen atoms in total. The number of para-hydroxylation sites is 1. The summed E-state index contributed by atoms with van der Waals surface area (Å²) in [6, 6.07) is 10.6. The van der Waals surface area contributed by atoms with Crippen LogP contribution in [0.25, 0.3) is 0 Å². The molecule has 0 spiro atoms. The topological polar surface area (TPSA) is 114 Å². The molecule has 0 unspecified atom stereocenters. The zero-order valence-corrected chi connectivity index (χ0v) is 17.0. The number of ether oxygens (including phenoxy) is 1. The fraction of sp³-hybridized carbons (Fsp3) is 0.250. The summed E-state index contributed by atoms with van der Waals surface area (Å²) in [5, 5.41) is 2.44. The quantitative estimate of drug-likeness (QED) is 0.652. The molecule has 0 saturated heterocycles. The lowest BCUT2D eigenvalue weighted by Crippen LogP contribution is -2.33. The summed E-state index contributed by atoms with van der Waals surface area (Å²) < 4.78 is 45.1. The zero-order chi connectivity index (χ0) is 21.7. The summed E-state index contributed by atoms with van der Waals surface area (Å²) in [6.45, 7) is 1.10. The first-order valence-electron chi connectivity index (χ1n) is 9.15. The molecule has 0 saturated carbocycles. The minimum Gasteiger partial charge on any atom is -0.456 e. The molecule has 2 aromatic carbocycles. The highest BCUT2D eigenvalue weighted by Crippen LogP contribution is 2.27. The third kappa shape index (κ3) is 5.41. The summed E-state index contributed by atoms with van der Waals surface area (Å²) in [4.78, 5) is 28.0. The molecule has 0 aliphatic carbocycles. The minimum absolute atomic E-state index is 0.0190. The number of carbonyl (C=O) groups is 2. The van der Waals surface area contributed by atoms with Crippen molar-refractivity contribution in [1.82, 2.24) is 4.72 Å². The molecule has 30 heavy (non-hydrogen) atoms. The van der Waals surface area contributed by atoms with Gasteiger partial charge < -0.3 is 10.1 Å². The van der Waals surface area contributed by atoms with E-state index in [1.165, 1.54) is 18.2 Å². The molecule has 1 amide bonds. The molecule has 0 aromatic heterocycles. The number of esters is 1. The molecule has 0 atom stereocenters. The van der Waals surface area contributed by atoms with Gasteiger partial charge in [-0.25, -0.2) is 17.8 Å². The van der Waals surface area contributed by atoms with Crippen LogP contribution in [0.5, 0.6) is 0 Å². The molecule has 3 rings (SSSR count). The lowest BCUT2D eigenvalue weighted by atomic mass is 10.2. The number of aliphatic imine (C=N–C) groups is 1. The van der Waals surface area contributed by atoms with Gasteiger partial charge in [0.25, 0.3) is 15.9 Å². The van der Waals surface area contributed by atoms with Crippen molar-refractivity contribution in [2.75, 3.05) is 11.9 Å². The second kappa shape index (κ2) is 9.04. The van der Waals surface area contributed by atoms with Gasteiger partial charge in [0.05, 0.1) is 5.69 Å². The van der Waals surface area contributed by atoms with Crippen LogP contribution in [-0.2, 0) is 24.3 Å². The number of rotatable bonds is 7. The van der Waals surface area contributed by atoms with Gasteiger partial charge in [0.2, 0.25) is 0 Å². The molecule has 2 aromatic rings. The van der Waals surface area contributed by atoms with E-state index in [9.17, 15) is 22.4 Å². The van der Waals surface area contributed by atoms with Crippen LogP contribution < -0.4 is 10.0 Å². The number of hydrogen-bond acceptors (Lipinski definition) is 6. The Morgan fingerprint density at radius 1 is 1.20 bits per heavy atom. The van der Waals surface area contributed by atoms with Crippen molar-refractivity contribution >= 4 is 39.1 Å². The number of nitrogens with one attached hydrogen (secondary N) is 2. The Hall–Kier alpha value is -3.27. The number of sulfonamides is 1. The maximum absolute atomic E-state index is 13.5. The zero-order valence-electron chi connectivity index (χ0n) is 16.1. The molecule has 2 N–H and O–H groups in total. The van der Waals surface area contributed by atoms with Crippen molar-refractivity contribution in [3.8, 4) is 0 Å². The van der Waals surface area contributed by atoms with E-state index in [-0.39, 0.29) is 35.7 Å². The Labute approximate surface area is 173 Å². The molecule has 158 valence electrons. The van der Waals surface area contributed by atoms with E-state index in [4.69, 9.17) is 4.74 Å². The van der Waals surface area contributed by atoms with Crippen molar-refractivity contribution in [3.63, 3.8) is 0 Å². The van der Waals surface area contributed by atoms with Crippen molar-refractivity contribution in [2.24, 2.45) is 4.99 Å². The van der Waals surface area contributed by atoms with E-state index in [1.54, 1.807) is 31.2 Å². The number of aryl methyl sites for hydroxylation is 1. The summed E-state index contributed by atoms with van der Waals surface area (Å²) >= 11 is 0. The predicted octanol–water partition coefficient (Wildman–Crippen LogP) is 2.81. The largest absolute Gasteiger partial charge is 0.456 e. The third-order valence-electron chi connectivity index (χ3n) is 4.28. The number of halogens is 1. The van der Waals surface area contributed by atoms with Crippen LogP contribution in [0.15, 0.2) is 52.4 Å². The number of amides is 1. The number of carbonyl (C=O) groups excluding carboxylic acids is 2. The van der Waals surface area contributed by atoms with E-state index < -0.39 is 34.3 Å². The van der Waals surface area contributed by atoms with Crippen LogP contribution in [-0.4, -0.2) is 32.7 Å². The predicted molar refractivity (Wildman–Crippen MR) is 108 cm³/mol. The minimum atomic E-state index is -3.68. The van der Waals surface area contributed by atoms with Crippen molar-refractivity contribution < 1.29 is 27.1 Å². The first-order chi connectivity index (χ1) is 14.2. The van der Waals surface area contributed by atoms with Crippen LogP contribution in [0.2, 0.25) is 0 Å². The number of amidine groups is 1. The van der Waals surface area contributed by atoms with Crippen molar-refractivity contribution in [3.05, 3.63) is 53.8 Å². The highest BCUT2D eigenvalue weighted by molar-refractivity contribution is 7.90. The molecule has 10 heteroatoms. The number of fused-ring (bicyclic) bond motifs is 1. The van der Waals surface area contributed by atoms with E-state index in [2.05, 4.69) is 15.0 Å². The van der Waals surface area contributed by atoms with E-state index in [0.29, 0.717) is 11.3 Å². The van der Waals surface area contributed by atoms with Gasteiger partial charge in [-0.3, -0.25) is 14.3 Å². The lowest BCUT2D eigenvalue weighted by Gasteiger charge is -2.17. The normalized spacial score (nSPS) is 14.1. The summed E-state index contributed by atoms with van der Waals surface area (Å²) in [6.07, 6.45) is 0.486. The molecular formula is C20H20FN3O5S. The Kier molecular flexibility index (Phi) is 6.46. The van der Waals surface area contributed by atoms with Crippen LogP contribution in [0.1, 0.15) is 24.8 Å². The maximum Gasteiger partial charge on any atom is 0.306 e. The summed E-state index contributed by atoms with van der Waals surface area (Å²) in [5.74, 6) is -1.41. The van der Waals surface area contributed by atoms with Gasteiger partial charge in [-0.1, -0.05) is 18.2 Å². The SMILES string of the molecule is Cc1ccc(NC(=O)COC(=O)CCCC2=Nc3ccccc3S(=O)(=O)N2)cc1F. The number of nitrogens with zero attached hydrogens (tertiary/aromatic N) is 1. The molecule has 1 heterocycles. The standard InChI is InChI=1S/C20H20FN3O5S/c1-13-9-10-14(11-15(13)21)22-19(25)12-29-20(26)8-4-7-18-23-16-5-2-3-6-17(16)30(27,28)24-18/h2-3,5-6,9-11H,4,7-8,12H2,1H3,(H,22,25)(H,23,24). The summed E-state index contributed by atoms with van der Waals surface area (Å²) in [5.41, 5.74) is 1.06. The number of benzene rings is 2. The van der Waals surface area contributed by atoms with Crippen LogP contribution in [0, 0.1) is 12.7 Å². The molecule has 1 aliphatic heterocycles. The average Bonchev–Trinajstić information content (AvgIpc) is 2.69. The van der Waals surface area contributed by atoms with Gasteiger partial charge in [-0.2, -0.15) is 0 Å². The lowest BCUT2D eigenvalue weighted by molar-refractivity contribution is -0.147. The molecule has 0 radical (unpaired) electrons. The van der Waals surface area contributed by atoms with Gasteiger partial charge in [0, 0.05) is 18.5 Å². The first kappa shape index (κ1) is 21.4. The highest BCUT2D eigenvalue weighted by atomic mass is 32.2. The van der Waals surface area contributed by atoms with E-state index in [0.717, 1.165) is 0 Å². The van der Waals surface area contributed by atoms with Crippen LogP contribution >= 0.6 is 0 Å². The highest BCUT2D eigenvalue weighted by Gasteiger charge is 2.24. The van der Waals surface area contributed by atoms with Crippen LogP contribution in [0.3, 0.4) is 0 Å². The second-order valence-corrected chi connectivity index (χ2v) is 8.31. The Morgan fingerprint density at radius 3 is 2.73 bits per heavy atom. The fourth-order valence-corrected chi connectivity index (χ4v) is 3.96. The van der Waals surface area contributed by atoms with Gasteiger partial charge in [-0.15, -0.1) is 0 Å². The van der Waals surface area contributed by atoms with Crippen LogP contribution in [0.4, 0.5) is 15.8 Å². The van der Waals surface area contributed by atoms with E-state index in [1.807, 2.05) is 0 Å². The number of hydrogen-bond donors (Lipinski definition) is 2. The summed E-state index contributed by atoms with van der Waals surface area (Å²) in [7, 11) is -3.68. The van der Waals surface area contributed by atoms with Crippen molar-refractivity contribution in [2.45, 2.75) is 31.1 Å². The van der Waals surface area contributed by atoms with Gasteiger partial charge in [-0.05, 0) is 43.2 Å². The second-order valence-electron chi connectivity index (χ2n) is 6.66. The smallest absolute Gasteiger partial charge is 0.306 e. The first-order valence-corrected chi connectivity index (χ1v) is 10.6. The fourth-order valence-electron chi connectivity index (χ4n) is 2.75. The molecule has 0 bridgehead atoms. The molecule has 0 fully saturated rings. The van der Waals surface area contributed by atoms with Gasteiger partial charge >= 0.3 is 5.97 Å². The average molecular weight is 433 g/mol. The molecular weight excluding hydrogens is 413 g/mol. The van der Waals surface area contributed by atoms with E-state index >= 15 is 0 Å². The monoisotopic (exact) mass is 433 g/mol. The van der Waals surface area contributed by atoms with Gasteiger partial charge in [0.15, 0.2) is 6.61 Å². The Bertz CT molecular complexity index is 1120. The Balaban J connectivity index is 1.43. The molecule has 1 aliphatic rings. The maximum atomic E-state index is 13.5. The Morgan fingerprint density at radius 2 is 1.97 bits per heavy atom. The number of anilines is 1. The third-order valence-corrected chi connectivity index (χ3v) is 5.71. The van der Waals surface area contributed by atoms with Crippen molar-refractivity contribution in [1.29, 1.82) is 0 Å². The van der Waals surface area contributed by atoms with Gasteiger partial charge in [0.1, 0.15) is 16.5 Å².